The molecule has 0 unspecified atom stereocenters. The highest BCUT2D eigenvalue weighted by molar-refractivity contribution is 7.80. The molecule has 2 N–H and O–H groups in total. The number of benzene rings is 2. The van der Waals surface area contributed by atoms with Crippen molar-refractivity contribution in [3.8, 4) is 0 Å². The molecular formula is C24H27N3O2S. The van der Waals surface area contributed by atoms with Crippen LogP contribution in [0.3, 0.4) is 0 Å². The van der Waals surface area contributed by atoms with Gasteiger partial charge in [-0.2, -0.15) is 0 Å². The van der Waals surface area contributed by atoms with Crippen molar-refractivity contribution >= 4 is 40.9 Å². The number of carbonyl (C=O) groups is 2. The molecule has 2 amide bonds. The van der Waals surface area contributed by atoms with Gasteiger partial charge < -0.3 is 10.2 Å². The number of thiocarbonyl (C=S) groups is 1. The Morgan fingerprint density at radius 3 is 2.40 bits per heavy atom. The highest BCUT2D eigenvalue weighted by Crippen LogP contribution is 2.25. The van der Waals surface area contributed by atoms with Crippen molar-refractivity contribution in [3.05, 3.63) is 71.8 Å². The number of nitrogens with zero attached hydrogens (tertiary/aromatic N) is 1. The highest BCUT2D eigenvalue weighted by Gasteiger charge is 2.24. The van der Waals surface area contributed by atoms with Crippen LogP contribution in [-0.4, -0.2) is 34.9 Å². The van der Waals surface area contributed by atoms with Gasteiger partial charge in [0.05, 0.1) is 11.3 Å². The molecule has 2 aromatic rings. The third-order valence-corrected chi connectivity index (χ3v) is 5.52. The molecule has 1 aliphatic rings. The first-order valence-electron chi connectivity index (χ1n) is 10.3. The van der Waals surface area contributed by atoms with Crippen LogP contribution >= 0.6 is 12.2 Å². The smallest absolute Gasteiger partial charge is 0.255 e. The Morgan fingerprint density at radius 2 is 1.67 bits per heavy atom. The van der Waals surface area contributed by atoms with E-state index in [0.29, 0.717) is 11.3 Å². The minimum atomic E-state index is -0.334. The fourth-order valence-electron chi connectivity index (χ4n) is 3.65. The van der Waals surface area contributed by atoms with Gasteiger partial charge in [0.1, 0.15) is 0 Å². The molecular weight excluding hydrogens is 394 g/mol. The van der Waals surface area contributed by atoms with Crippen LogP contribution in [0.15, 0.2) is 60.7 Å². The van der Waals surface area contributed by atoms with E-state index < -0.39 is 0 Å². The SMILES string of the molecule is CN(C(=O)c1ccccc1NC(=S)NC(=O)/C=C/c1ccccc1)C1CCCCC1. The van der Waals surface area contributed by atoms with Gasteiger partial charge in [-0.05, 0) is 48.8 Å². The van der Waals surface area contributed by atoms with Gasteiger partial charge in [-0.3, -0.25) is 14.9 Å². The lowest BCUT2D eigenvalue weighted by Crippen LogP contribution is -2.39. The number of rotatable bonds is 5. The van der Waals surface area contributed by atoms with Crippen LogP contribution < -0.4 is 10.6 Å². The maximum absolute atomic E-state index is 13.1. The summed E-state index contributed by atoms with van der Waals surface area (Å²) in [5.41, 5.74) is 2.05. The van der Waals surface area contributed by atoms with Crippen molar-refractivity contribution < 1.29 is 9.59 Å². The monoisotopic (exact) mass is 421 g/mol. The van der Waals surface area contributed by atoms with Crippen molar-refractivity contribution in [1.29, 1.82) is 0 Å². The Bertz CT molecular complexity index is 921. The molecule has 0 bridgehead atoms. The molecule has 0 heterocycles. The fourth-order valence-corrected chi connectivity index (χ4v) is 3.86. The summed E-state index contributed by atoms with van der Waals surface area (Å²) in [6, 6.07) is 17.1. The first-order chi connectivity index (χ1) is 14.5. The Labute approximate surface area is 183 Å². The molecule has 3 rings (SSSR count). The van der Waals surface area contributed by atoms with E-state index in [2.05, 4.69) is 10.6 Å². The summed E-state index contributed by atoms with van der Waals surface area (Å²) in [6.07, 6.45) is 8.79. The molecule has 2 aromatic carbocycles. The normalized spacial score (nSPS) is 14.3. The molecule has 0 atom stereocenters. The zero-order chi connectivity index (χ0) is 21.3. The second-order valence-electron chi connectivity index (χ2n) is 7.44. The second kappa shape index (κ2) is 10.7. The fraction of sp³-hybridized carbons (Fsp3) is 0.292. The summed E-state index contributed by atoms with van der Waals surface area (Å²) in [5.74, 6) is -0.373. The minimum absolute atomic E-state index is 0.0388. The second-order valence-corrected chi connectivity index (χ2v) is 7.85. The first-order valence-corrected chi connectivity index (χ1v) is 10.7. The van der Waals surface area contributed by atoms with E-state index in [1.807, 2.05) is 54.4 Å². The van der Waals surface area contributed by atoms with Crippen LogP contribution in [0.2, 0.25) is 0 Å². The van der Waals surface area contributed by atoms with E-state index in [-0.39, 0.29) is 23.0 Å². The van der Waals surface area contributed by atoms with E-state index in [1.54, 1.807) is 18.2 Å². The van der Waals surface area contributed by atoms with Crippen molar-refractivity contribution in [3.63, 3.8) is 0 Å². The number of carbonyl (C=O) groups excluding carboxylic acids is 2. The lowest BCUT2D eigenvalue weighted by Gasteiger charge is -2.31. The predicted molar refractivity (Wildman–Crippen MR) is 125 cm³/mol. The Kier molecular flexibility index (Phi) is 7.74. The maximum Gasteiger partial charge on any atom is 0.255 e. The number of hydrogen-bond donors (Lipinski definition) is 2. The number of anilines is 1. The van der Waals surface area contributed by atoms with E-state index in [0.717, 1.165) is 31.2 Å². The zero-order valence-electron chi connectivity index (χ0n) is 17.1. The van der Waals surface area contributed by atoms with Crippen LogP contribution in [-0.2, 0) is 4.79 Å². The Morgan fingerprint density at radius 1 is 1.00 bits per heavy atom. The zero-order valence-corrected chi connectivity index (χ0v) is 18.0. The summed E-state index contributed by atoms with van der Waals surface area (Å²) in [4.78, 5) is 27.1. The molecule has 5 nitrogen and oxygen atoms in total. The number of amides is 2. The van der Waals surface area contributed by atoms with E-state index >= 15 is 0 Å². The third kappa shape index (κ3) is 6.00. The molecule has 6 heteroatoms. The average Bonchev–Trinajstić information content (AvgIpc) is 2.78. The van der Waals surface area contributed by atoms with Gasteiger partial charge in [0, 0.05) is 19.2 Å². The van der Waals surface area contributed by atoms with Crippen molar-refractivity contribution in [2.45, 2.75) is 38.1 Å². The molecule has 156 valence electrons. The van der Waals surface area contributed by atoms with Crippen LogP contribution in [0, 0.1) is 0 Å². The molecule has 0 saturated heterocycles. The predicted octanol–water partition coefficient (Wildman–Crippen LogP) is 4.62. The van der Waals surface area contributed by atoms with Gasteiger partial charge in [-0.25, -0.2) is 0 Å². The van der Waals surface area contributed by atoms with Gasteiger partial charge >= 0.3 is 0 Å². The molecule has 0 spiro atoms. The lowest BCUT2D eigenvalue weighted by atomic mass is 9.94. The number of para-hydroxylation sites is 1. The van der Waals surface area contributed by atoms with E-state index in [4.69, 9.17) is 12.2 Å². The van der Waals surface area contributed by atoms with Gasteiger partial charge in [0.25, 0.3) is 5.91 Å². The van der Waals surface area contributed by atoms with Crippen molar-refractivity contribution in [1.82, 2.24) is 10.2 Å². The Hall–Kier alpha value is -2.99. The summed E-state index contributed by atoms with van der Waals surface area (Å²) in [6.45, 7) is 0. The number of hydrogen-bond acceptors (Lipinski definition) is 3. The summed E-state index contributed by atoms with van der Waals surface area (Å²) in [7, 11) is 1.86. The molecule has 0 aliphatic heterocycles. The van der Waals surface area contributed by atoms with Crippen LogP contribution in [0.25, 0.3) is 6.08 Å². The molecule has 30 heavy (non-hydrogen) atoms. The lowest BCUT2D eigenvalue weighted by molar-refractivity contribution is -0.115. The van der Waals surface area contributed by atoms with Crippen molar-refractivity contribution in [2.24, 2.45) is 0 Å². The number of nitrogens with one attached hydrogen (secondary N) is 2. The molecule has 1 aliphatic carbocycles. The summed E-state index contributed by atoms with van der Waals surface area (Å²) >= 11 is 5.28. The third-order valence-electron chi connectivity index (χ3n) is 5.31. The molecule has 1 fully saturated rings. The van der Waals surface area contributed by atoms with E-state index in [9.17, 15) is 9.59 Å². The molecule has 0 radical (unpaired) electrons. The first kappa shape index (κ1) is 21.7. The van der Waals surface area contributed by atoms with Gasteiger partial charge in [-0.1, -0.05) is 61.7 Å². The molecule has 0 aromatic heterocycles. The quantitative estimate of drug-likeness (QED) is 0.546. The molecule has 1 saturated carbocycles. The van der Waals surface area contributed by atoms with Gasteiger partial charge in [0.2, 0.25) is 5.91 Å². The Balaban J connectivity index is 1.62. The van der Waals surface area contributed by atoms with E-state index in [1.165, 1.54) is 12.5 Å². The van der Waals surface area contributed by atoms with Crippen molar-refractivity contribution in [2.75, 3.05) is 12.4 Å². The summed E-state index contributed by atoms with van der Waals surface area (Å²) in [5, 5.41) is 5.77. The van der Waals surface area contributed by atoms with Crippen LogP contribution in [0.5, 0.6) is 0 Å². The topological polar surface area (TPSA) is 61.4 Å². The van der Waals surface area contributed by atoms with Gasteiger partial charge in [0.15, 0.2) is 5.11 Å². The maximum atomic E-state index is 13.1. The van der Waals surface area contributed by atoms with Crippen LogP contribution in [0.1, 0.15) is 48.0 Å². The summed E-state index contributed by atoms with van der Waals surface area (Å²) < 4.78 is 0. The standard InChI is InChI=1S/C24H27N3O2S/c1-27(19-12-6-3-7-13-19)23(29)20-14-8-9-15-21(20)25-24(30)26-22(28)17-16-18-10-4-2-5-11-18/h2,4-5,8-11,14-17,19H,3,6-7,12-13H2,1H3,(H2,25,26,28,30)/b17-16+. The van der Waals surface area contributed by atoms with Gasteiger partial charge in [-0.15, -0.1) is 0 Å². The van der Waals surface area contributed by atoms with Crippen LogP contribution in [0.4, 0.5) is 5.69 Å². The average molecular weight is 422 g/mol. The highest BCUT2D eigenvalue weighted by atomic mass is 32.1. The minimum Gasteiger partial charge on any atom is -0.339 e. The largest absolute Gasteiger partial charge is 0.339 e.